The van der Waals surface area contributed by atoms with E-state index in [1.165, 1.54) is 0 Å². The van der Waals surface area contributed by atoms with E-state index < -0.39 is 0 Å². The van der Waals surface area contributed by atoms with Gasteiger partial charge in [0, 0.05) is 24.7 Å². The summed E-state index contributed by atoms with van der Waals surface area (Å²) in [5.74, 6) is -0.344. The maximum atomic E-state index is 11.9. The van der Waals surface area contributed by atoms with Crippen LogP contribution in [0.2, 0.25) is 0 Å². The summed E-state index contributed by atoms with van der Waals surface area (Å²) in [7, 11) is 0. The molecule has 4 nitrogen and oxygen atoms in total. The Balaban J connectivity index is 2.57. The van der Waals surface area contributed by atoms with E-state index in [0.717, 1.165) is 16.9 Å². The molecule has 1 rings (SSSR count). The van der Waals surface area contributed by atoms with Gasteiger partial charge in [-0.05, 0) is 43.4 Å². The Hall–Kier alpha value is -1.77. The third-order valence-electron chi connectivity index (χ3n) is 2.75. The van der Waals surface area contributed by atoms with Gasteiger partial charge in [-0.2, -0.15) is 5.26 Å². The molecule has 0 radical (unpaired) electrons. The number of nitrogens with one attached hydrogen (secondary N) is 1. The zero-order chi connectivity index (χ0) is 15.5. The van der Waals surface area contributed by atoms with Crippen LogP contribution in [-0.2, 0) is 9.53 Å². The minimum Gasteiger partial charge on any atom is -0.382 e. The minimum atomic E-state index is -0.344. The summed E-state index contributed by atoms with van der Waals surface area (Å²) in [4.78, 5) is 13.0. The van der Waals surface area contributed by atoms with Gasteiger partial charge in [0.15, 0.2) is 0 Å². The van der Waals surface area contributed by atoms with E-state index in [0.29, 0.717) is 19.8 Å². The lowest BCUT2D eigenvalue weighted by atomic mass is 10.1. The molecule has 1 N–H and O–H groups in total. The Morgan fingerprint density at radius 1 is 1.43 bits per heavy atom. The van der Waals surface area contributed by atoms with Crippen molar-refractivity contribution < 1.29 is 9.53 Å². The molecule has 21 heavy (non-hydrogen) atoms. The van der Waals surface area contributed by atoms with Crippen LogP contribution in [0.5, 0.6) is 0 Å². The average Bonchev–Trinajstić information content (AvgIpc) is 2.52. The molecule has 5 heteroatoms. The molecule has 0 saturated heterocycles. The van der Waals surface area contributed by atoms with E-state index >= 15 is 0 Å². The van der Waals surface area contributed by atoms with Crippen molar-refractivity contribution in [2.75, 3.05) is 26.0 Å². The molecule has 1 aromatic rings. The number of amides is 1. The highest BCUT2D eigenvalue weighted by Gasteiger charge is 2.08. The van der Waals surface area contributed by atoms with E-state index in [1.54, 1.807) is 17.8 Å². The van der Waals surface area contributed by atoms with Crippen molar-refractivity contribution in [3.8, 4) is 6.07 Å². The van der Waals surface area contributed by atoms with Gasteiger partial charge >= 0.3 is 0 Å². The molecule has 0 aromatic heterocycles. The summed E-state index contributed by atoms with van der Waals surface area (Å²) in [5, 5.41) is 11.8. The lowest BCUT2D eigenvalue weighted by Crippen LogP contribution is -2.26. The van der Waals surface area contributed by atoms with E-state index in [4.69, 9.17) is 10.00 Å². The number of hydrogen-bond donors (Lipinski definition) is 1. The SMILES string of the molecule is CCOCCCNC(=O)/C(C#N)=C\c1ccc(SC)cc1. The molecule has 0 aliphatic carbocycles. The number of nitriles is 1. The molecule has 0 heterocycles. The number of carbonyl (C=O) groups is 1. The van der Waals surface area contributed by atoms with Crippen LogP contribution in [0.15, 0.2) is 34.7 Å². The summed E-state index contributed by atoms with van der Waals surface area (Å²) in [6.07, 6.45) is 4.34. The first-order valence-corrected chi connectivity index (χ1v) is 8.05. The molecule has 1 aromatic carbocycles. The molecule has 0 spiro atoms. The molecule has 0 bridgehead atoms. The molecule has 1 amide bonds. The highest BCUT2D eigenvalue weighted by atomic mass is 32.2. The third-order valence-corrected chi connectivity index (χ3v) is 3.49. The normalized spacial score (nSPS) is 11.0. The van der Waals surface area contributed by atoms with Crippen LogP contribution in [-0.4, -0.2) is 31.9 Å². The maximum absolute atomic E-state index is 11.9. The molecule has 0 saturated carbocycles. The van der Waals surface area contributed by atoms with Crippen LogP contribution in [0.3, 0.4) is 0 Å². The van der Waals surface area contributed by atoms with Crippen molar-refractivity contribution in [1.82, 2.24) is 5.32 Å². The second kappa shape index (κ2) is 10.0. The van der Waals surface area contributed by atoms with E-state index in [-0.39, 0.29) is 11.5 Å². The first-order chi connectivity index (χ1) is 10.2. The van der Waals surface area contributed by atoms with Crippen molar-refractivity contribution in [2.24, 2.45) is 0 Å². The van der Waals surface area contributed by atoms with Crippen LogP contribution < -0.4 is 5.32 Å². The molecule has 0 aliphatic heterocycles. The van der Waals surface area contributed by atoms with Gasteiger partial charge in [0.25, 0.3) is 5.91 Å². The first kappa shape index (κ1) is 17.3. The van der Waals surface area contributed by atoms with Crippen LogP contribution in [0, 0.1) is 11.3 Å². The summed E-state index contributed by atoms with van der Waals surface area (Å²) >= 11 is 1.65. The zero-order valence-corrected chi connectivity index (χ0v) is 13.2. The molecule has 112 valence electrons. The van der Waals surface area contributed by atoms with E-state index in [2.05, 4.69) is 5.32 Å². The minimum absolute atomic E-state index is 0.114. The number of thioether (sulfide) groups is 1. The predicted molar refractivity (Wildman–Crippen MR) is 85.9 cm³/mol. The quantitative estimate of drug-likeness (QED) is 0.347. The van der Waals surface area contributed by atoms with Gasteiger partial charge in [-0.3, -0.25) is 4.79 Å². The van der Waals surface area contributed by atoms with Gasteiger partial charge in [0.1, 0.15) is 11.6 Å². The molecule has 0 unspecified atom stereocenters. The molecule has 0 aliphatic rings. The highest BCUT2D eigenvalue weighted by molar-refractivity contribution is 7.98. The van der Waals surface area contributed by atoms with E-state index in [1.807, 2.05) is 43.5 Å². The maximum Gasteiger partial charge on any atom is 0.261 e. The Labute approximate surface area is 130 Å². The van der Waals surface area contributed by atoms with Crippen molar-refractivity contribution in [2.45, 2.75) is 18.2 Å². The fraction of sp³-hybridized carbons (Fsp3) is 0.375. The number of hydrogen-bond acceptors (Lipinski definition) is 4. The highest BCUT2D eigenvalue weighted by Crippen LogP contribution is 2.16. The van der Waals surface area contributed by atoms with Gasteiger partial charge < -0.3 is 10.1 Å². The Kier molecular flexibility index (Phi) is 8.25. The number of ether oxygens (including phenoxy) is 1. The Bertz CT molecular complexity index is 518. The topological polar surface area (TPSA) is 62.1 Å². The molecular weight excluding hydrogens is 284 g/mol. The van der Waals surface area contributed by atoms with Crippen molar-refractivity contribution in [3.63, 3.8) is 0 Å². The average molecular weight is 304 g/mol. The Morgan fingerprint density at radius 2 is 2.14 bits per heavy atom. The van der Waals surface area contributed by atoms with Gasteiger partial charge in [-0.15, -0.1) is 11.8 Å². The monoisotopic (exact) mass is 304 g/mol. The fourth-order valence-electron chi connectivity index (χ4n) is 1.63. The number of nitrogens with zero attached hydrogens (tertiary/aromatic N) is 1. The Morgan fingerprint density at radius 3 is 2.71 bits per heavy atom. The second-order valence-corrected chi connectivity index (χ2v) is 5.13. The predicted octanol–water partition coefficient (Wildman–Crippen LogP) is 2.86. The van der Waals surface area contributed by atoms with Crippen LogP contribution >= 0.6 is 11.8 Å². The van der Waals surface area contributed by atoms with Crippen LogP contribution in [0.4, 0.5) is 0 Å². The largest absolute Gasteiger partial charge is 0.382 e. The first-order valence-electron chi connectivity index (χ1n) is 6.83. The molecular formula is C16H20N2O2S. The number of benzene rings is 1. The standard InChI is InChI=1S/C16H20N2O2S/c1-3-20-10-4-9-18-16(19)14(12-17)11-13-5-7-15(21-2)8-6-13/h5-8,11H,3-4,9-10H2,1-2H3,(H,18,19)/b14-11-. The second-order valence-electron chi connectivity index (χ2n) is 4.25. The summed E-state index contributed by atoms with van der Waals surface area (Å²) in [6.45, 7) is 3.71. The number of rotatable bonds is 8. The lowest BCUT2D eigenvalue weighted by molar-refractivity contribution is -0.117. The van der Waals surface area contributed by atoms with Gasteiger partial charge in [-0.1, -0.05) is 12.1 Å². The van der Waals surface area contributed by atoms with E-state index in [9.17, 15) is 4.79 Å². The van der Waals surface area contributed by atoms with Crippen LogP contribution in [0.1, 0.15) is 18.9 Å². The van der Waals surface area contributed by atoms with Crippen molar-refractivity contribution in [3.05, 3.63) is 35.4 Å². The fourth-order valence-corrected chi connectivity index (χ4v) is 2.04. The van der Waals surface area contributed by atoms with Gasteiger partial charge in [0.2, 0.25) is 0 Å². The van der Waals surface area contributed by atoms with Crippen molar-refractivity contribution >= 4 is 23.7 Å². The van der Waals surface area contributed by atoms with Crippen LogP contribution in [0.25, 0.3) is 6.08 Å². The third kappa shape index (κ3) is 6.48. The number of carbonyl (C=O) groups excluding carboxylic acids is 1. The van der Waals surface area contributed by atoms with Gasteiger partial charge in [-0.25, -0.2) is 0 Å². The summed E-state index contributed by atoms with van der Waals surface area (Å²) in [5.41, 5.74) is 0.956. The van der Waals surface area contributed by atoms with Crippen molar-refractivity contribution in [1.29, 1.82) is 5.26 Å². The summed E-state index contributed by atoms with van der Waals surface area (Å²) in [6, 6.07) is 9.66. The summed E-state index contributed by atoms with van der Waals surface area (Å²) < 4.78 is 5.19. The molecule has 0 atom stereocenters. The molecule has 0 fully saturated rings. The smallest absolute Gasteiger partial charge is 0.261 e. The van der Waals surface area contributed by atoms with Gasteiger partial charge in [0.05, 0.1) is 0 Å². The lowest BCUT2D eigenvalue weighted by Gasteiger charge is -2.04. The zero-order valence-electron chi connectivity index (χ0n) is 12.4.